The Bertz CT molecular complexity index is 1460. The van der Waals surface area contributed by atoms with Gasteiger partial charge in [-0.25, -0.2) is 19.8 Å². The molecule has 39 heavy (non-hydrogen) atoms. The van der Waals surface area contributed by atoms with Gasteiger partial charge in [0.2, 0.25) is 11.7 Å². The zero-order valence-corrected chi connectivity index (χ0v) is 22.7. The van der Waals surface area contributed by atoms with Crippen LogP contribution in [0.25, 0.3) is 21.5 Å². The zero-order chi connectivity index (χ0) is 27.6. The van der Waals surface area contributed by atoms with Crippen molar-refractivity contribution >= 4 is 45.5 Å². The molecule has 12 nitrogen and oxygen atoms in total. The maximum Gasteiger partial charge on any atom is 0.318 e. The maximum absolute atomic E-state index is 13.1. The normalized spacial score (nSPS) is 24.5. The molecule has 3 aromatic rings. The molecule has 2 aliphatic heterocycles. The number of nitrogens with zero attached hydrogens (tertiary/aromatic N) is 5. The average Bonchev–Trinajstić information content (AvgIpc) is 3.42. The van der Waals surface area contributed by atoms with Gasteiger partial charge in [-0.2, -0.15) is 0 Å². The van der Waals surface area contributed by atoms with Gasteiger partial charge in [0.05, 0.1) is 52.3 Å². The first kappa shape index (κ1) is 26.5. The van der Waals surface area contributed by atoms with Crippen molar-refractivity contribution in [1.29, 1.82) is 0 Å². The number of carbonyl (C=O) groups excluding carboxylic acids is 1. The third kappa shape index (κ3) is 4.68. The number of aromatic nitrogens is 3. The third-order valence-corrected chi connectivity index (χ3v) is 8.18. The monoisotopic (exact) mass is 550 g/mol. The number of benzene rings is 1. The number of allylic oxidation sites excluding steroid dienone is 1. The molecule has 1 fully saturated rings. The predicted octanol–water partition coefficient (Wildman–Crippen LogP) is 2.84. The summed E-state index contributed by atoms with van der Waals surface area (Å²) in [5.41, 5.74) is 3.30. The van der Waals surface area contributed by atoms with Crippen molar-refractivity contribution in [2.24, 2.45) is 16.3 Å². The number of anilines is 1. The molecule has 0 saturated carbocycles. The van der Waals surface area contributed by atoms with Gasteiger partial charge in [-0.15, -0.1) is 11.3 Å². The summed E-state index contributed by atoms with van der Waals surface area (Å²) >= 11 is 1.47. The summed E-state index contributed by atoms with van der Waals surface area (Å²) < 4.78 is 6.20. The largest absolute Gasteiger partial charge is 0.481 e. The van der Waals surface area contributed by atoms with Crippen LogP contribution in [0.1, 0.15) is 20.3 Å². The van der Waals surface area contributed by atoms with Crippen LogP contribution in [0.5, 0.6) is 5.88 Å². The van der Waals surface area contributed by atoms with Crippen LogP contribution in [-0.4, -0.2) is 70.8 Å². The Balaban J connectivity index is 1.71. The Labute approximate surface area is 229 Å². The number of thiazole rings is 1. The van der Waals surface area contributed by atoms with E-state index < -0.39 is 29.1 Å². The fraction of sp³-hybridized carbons (Fsp3) is 0.385. The summed E-state index contributed by atoms with van der Waals surface area (Å²) in [4.78, 5) is 45.8. The minimum Gasteiger partial charge on any atom is -0.481 e. The van der Waals surface area contributed by atoms with Crippen molar-refractivity contribution in [3.63, 3.8) is 0 Å². The molecule has 2 aliphatic rings. The number of ether oxygens (including phenoxy) is 1. The van der Waals surface area contributed by atoms with Crippen LogP contribution < -0.4 is 25.6 Å². The molecule has 0 bridgehead atoms. The molecule has 3 unspecified atom stereocenters. The second-order valence-corrected chi connectivity index (χ2v) is 10.4. The maximum atomic E-state index is 13.1. The highest BCUT2D eigenvalue weighted by Crippen LogP contribution is 2.46. The standard InChI is InChI=1S/C26H30N8O4S/c1-4-29-24(37)33-26(20-13-27-8-6-25(20,2)23(35)36)31-7-5-9-34(26)16-10-17(22-18(11-16)30-15-39-22)19-12-28-14-21(32-19)38-3/h5,7,9-12,14-15,20,27H,4,6,8,13H2,1-3H3,(H,35,36)(H2,29,33,37). The summed E-state index contributed by atoms with van der Waals surface area (Å²) in [7, 11) is 1.53. The fourth-order valence-electron chi connectivity index (χ4n) is 5.25. The Kier molecular flexibility index (Phi) is 7.19. The summed E-state index contributed by atoms with van der Waals surface area (Å²) in [6.07, 6.45) is 8.69. The quantitative estimate of drug-likeness (QED) is 0.348. The molecule has 0 spiro atoms. The molecule has 2 amide bonds. The summed E-state index contributed by atoms with van der Waals surface area (Å²) in [5, 5.41) is 19.5. The van der Waals surface area contributed by atoms with Crippen molar-refractivity contribution in [2.75, 3.05) is 31.6 Å². The number of methoxy groups -OCH3 is 1. The highest BCUT2D eigenvalue weighted by molar-refractivity contribution is 7.17. The summed E-state index contributed by atoms with van der Waals surface area (Å²) in [6.45, 7) is 4.79. The second-order valence-electron chi connectivity index (χ2n) is 9.57. The number of aliphatic imine (C=N–C) groups is 1. The lowest BCUT2D eigenvalue weighted by atomic mass is 9.68. The van der Waals surface area contributed by atoms with Gasteiger partial charge >= 0.3 is 12.0 Å². The number of aliphatic carboxylic acids is 1. The average molecular weight is 551 g/mol. The van der Waals surface area contributed by atoms with E-state index in [1.807, 2.05) is 24.0 Å². The Morgan fingerprint density at radius 2 is 2.18 bits per heavy atom. The van der Waals surface area contributed by atoms with E-state index >= 15 is 0 Å². The summed E-state index contributed by atoms with van der Waals surface area (Å²) in [5.74, 6) is -2.68. The Hall–Kier alpha value is -4.10. The van der Waals surface area contributed by atoms with Crippen LogP contribution in [0, 0.1) is 11.3 Å². The smallest absolute Gasteiger partial charge is 0.318 e. The SMILES string of the molecule is CCNC(=O)NC1(C2CNCCC2(C)C(=O)O)N=CC=CN1c1cc(-c2cncc(OC)n2)c2scnc2c1. The highest BCUT2D eigenvalue weighted by atomic mass is 32.1. The Morgan fingerprint density at radius 1 is 1.33 bits per heavy atom. The van der Waals surface area contributed by atoms with Gasteiger partial charge in [0.1, 0.15) is 0 Å². The molecule has 4 heterocycles. The molecule has 0 radical (unpaired) electrons. The van der Waals surface area contributed by atoms with E-state index in [0.717, 1.165) is 15.8 Å². The van der Waals surface area contributed by atoms with Gasteiger partial charge < -0.3 is 25.4 Å². The number of nitrogens with one attached hydrogen (secondary N) is 3. The molecule has 3 atom stereocenters. The van der Waals surface area contributed by atoms with Crippen LogP contribution in [-0.2, 0) is 4.79 Å². The van der Waals surface area contributed by atoms with Gasteiger partial charge in [-0.3, -0.25) is 15.1 Å². The van der Waals surface area contributed by atoms with Gasteiger partial charge in [0.15, 0.2) is 0 Å². The number of carbonyl (C=O) groups is 2. The van der Waals surface area contributed by atoms with E-state index in [2.05, 4.69) is 30.9 Å². The molecule has 13 heteroatoms. The van der Waals surface area contributed by atoms with Crippen LogP contribution in [0.15, 0.2) is 47.3 Å². The zero-order valence-electron chi connectivity index (χ0n) is 21.8. The number of fused-ring (bicyclic) bond motifs is 1. The molecular formula is C26H30N8O4S. The van der Waals surface area contributed by atoms with Crippen molar-refractivity contribution < 1.29 is 19.4 Å². The van der Waals surface area contributed by atoms with Crippen molar-refractivity contribution in [2.45, 2.75) is 26.1 Å². The lowest BCUT2D eigenvalue weighted by Gasteiger charge is -2.52. The molecule has 5 rings (SSSR count). The minimum atomic E-state index is -1.46. The lowest BCUT2D eigenvalue weighted by Crippen LogP contribution is -2.71. The van der Waals surface area contributed by atoms with Crippen LogP contribution in [0.3, 0.4) is 0 Å². The predicted molar refractivity (Wildman–Crippen MR) is 149 cm³/mol. The van der Waals surface area contributed by atoms with Crippen LogP contribution >= 0.6 is 11.3 Å². The number of amides is 2. The van der Waals surface area contributed by atoms with E-state index in [1.165, 1.54) is 24.6 Å². The van der Waals surface area contributed by atoms with Crippen molar-refractivity contribution in [3.05, 3.63) is 42.3 Å². The number of hydrogen-bond acceptors (Lipinski definition) is 10. The van der Waals surface area contributed by atoms with Crippen molar-refractivity contribution in [1.82, 2.24) is 30.9 Å². The van der Waals surface area contributed by atoms with E-state index in [-0.39, 0.29) is 0 Å². The summed E-state index contributed by atoms with van der Waals surface area (Å²) in [6, 6.07) is 3.37. The minimum absolute atomic E-state index is 0.323. The number of urea groups is 1. The van der Waals surface area contributed by atoms with E-state index in [4.69, 9.17) is 9.73 Å². The number of hydrogen-bond donors (Lipinski definition) is 4. The van der Waals surface area contributed by atoms with E-state index in [0.29, 0.717) is 43.3 Å². The lowest BCUT2D eigenvalue weighted by molar-refractivity contribution is -0.155. The van der Waals surface area contributed by atoms with Gasteiger partial charge in [0.25, 0.3) is 0 Å². The third-order valence-electron chi connectivity index (χ3n) is 7.30. The van der Waals surface area contributed by atoms with Crippen LogP contribution in [0.4, 0.5) is 10.5 Å². The first-order chi connectivity index (χ1) is 18.8. The fourth-order valence-corrected chi connectivity index (χ4v) is 6.04. The first-order valence-corrected chi connectivity index (χ1v) is 13.5. The molecule has 1 saturated heterocycles. The second kappa shape index (κ2) is 10.6. The first-order valence-electron chi connectivity index (χ1n) is 12.6. The van der Waals surface area contributed by atoms with E-state index in [1.54, 1.807) is 37.1 Å². The molecule has 2 aromatic heterocycles. The highest BCUT2D eigenvalue weighted by Gasteiger charge is 2.57. The molecule has 4 N–H and O–H groups in total. The molecular weight excluding hydrogens is 520 g/mol. The van der Waals surface area contributed by atoms with Gasteiger partial charge in [-0.05, 0) is 45.0 Å². The van der Waals surface area contributed by atoms with Gasteiger partial charge in [-0.1, -0.05) is 0 Å². The number of rotatable bonds is 7. The number of carboxylic acid groups (broad SMARTS) is 1. The molecule has 204 valence electrons. The molecule has 0 aliphatic carbocycles. The topological polar surface area (TPSA) is 154 Å². The number of piperidine rings is 1. The Morgan fingerprint density at radius 3 is 2.95 bits per heavy atom. The van der Waals surface area contributed by atoms with Gasteiger partial charge in [0, 0.05) is 36.8 Å². The van der Waals surface area contributed by atoms with E-state index in [9.17, 15) is 14.7 Å². The number of carboxylic acids is 1. The van der Waals surface area contributed by atoms with Crippen molar-refractivity contribution in [3.8, 4) is 17.1 Å². The van der Waals surface area contributed by atoms with Crippen LogP contribution in [0.2, 0.25) is 0 Å². The molecule has 1 aromatic carbocycles.